The Labute approximate surface area is 188 Å². The fourth-order valence-corrected chi connectivity index (χ4v) is 3.17. The van der Waals surface area contributed by atoms with Crippen LogP contribution in [0.3, 0.4) is 0 Å². The topological polar surface area (TPSA) is 94.6 Å². The number of aliphatic imine (C=N–C) groups is 1. The molecule has 8 heteroatoms. The van der Waals surface area contributed by atoms with Gasteiger partial charge in [0, 0.05) is 25.7 Å². The van der Waals surface area contributed by atoms with E-state index in [9.17, 15) is 4.79 Å². The molecule has 2 aromatic carbocycles. The van der Waals surface area contributed by atoms with Crippen molar-refractivity contribution in [3.8, 4) is 17.0 Å². The van der Waals surface area contributed by atoms with Gasteiger partial charge in [-0.1, -0.05) is 36.4 Å². The third-order valence-electron chi connectivity index (χ3n) is 4.79. The molecule has 0 aliphatic carbocycles. The molecule has 0 atom stereocenters. The first-order chi connectivity index (χ1) is 15.6. The number of hydrogen-bond acceptors (Lipinski definition) is 4. The van der Waals surface area contributed by atoms with Gasteiger partial charge in [-0.25, -0.2) is 4.98 Å². The molecule has 1 heterocycles. The van der Waals surface area contributed by atoms with Crippen LogP contribution in [0.15, 0.2) is 65.8 Å². The first-order valence-electron chi connectivity index (χ1n) is 10.6. The Kier molecular flexibility index (Phi) is 8.25. The minimum absolute atomic E-state index is 0.151. The summed E-state index contributed by atoms with van der Waals surface area (Å²) in [5.41, 5.74) is 2.64. The molecule has 0 aliphatic rings. The first kappa shape index (κ1) is 22.9. The normalized spacial score (nSPS) is 11.2. The summed E-state index contributed by atoms with van der Waals surface area (Å²) in [4.78, 5) is 26.8. The number of methoxy groups -OCH3 is 1. The highest BCUT2D eigenvalue weighted by Crippen LogP contribution is 2.16. The molecule has 168 valence electrons. The Hall–Kier alpha value is -3.81. The number of rotatable bonds is 9. The standard InChI is InChI=1S/C24H30N6O2/c1-4-25-24(27-14-13-26-23(31)19-11-8-12-20(15-19)32-3)30(2)17-22-28-16-21(29-22)18-9-6-5-7-10-18/h5-12,15-16H,4,13-14,17H2,1-3H3,(H,25,27)(H,26,31)(H,28,29). The van der Waals surface area contributed by atoms with E-state index >= 15 is 0 Å². The van der Waals surface area contributed by atoms with Gasteiger partial charge >= 0.3 is 0 Å². The van der Waals surface area contributed by atoms with Crippen LogP contribution >= 0.6 is 0 Å². The molecule has 0 bridgehead atoms. The summed E-state index contributed by atoms with van der Waals surface area (Å²) < 4.78 is 5.17. The van der Waals surface area contributed by atoms with Crippen LogP contribution in [0, 0.1) is 0 Å². The molecular formula is C24H30N6O2. The van der Waals surface area contributed by atoms with Gasteiger partial charge in [0.25, 0.3) is 5.91 Å². The van der Waals surface area contributed by atoms with E-state index in [1.54, 1.807) is 31.4 Å². The summed E-state index contributed by atoms with van der Waals surface area (Å²) in [6, 6.07) is 17.2. The molecule has 0 spiro atoms. The molecule has 0 saturated heterocycles. The molecule has 1 amide bonds. The number of H-pyrrole nitrogens is 1. The number of guanidine groups is 1. The summed E-state index contributed by atoms with van der Waals surface area (Å²) in [7, 11) is 3.54. The molecule has 3 aromatic rings. The number of nitrogens with zero attached hydrogens (tertiary/aromatic N) is 3. The van der Waals surface area contributed by atoms with Gasteiger partial charge in [-0.15, -0.1) is 0 Å². The third-order valence-corrected chi connectivity index (χ3v) is 4.79. The lowest BCUT2D eigenvalue weighted by molar-refractivity contribution is 0.0954. The van der Waals surface area contributed by atoms with Crippen LogP contribution in [0.4, 0.5) is 0 Å². The highest BCUT2D eigenvalue weighted by Gasteiger charge is 2.10. The van der Waals surface area contributed by atoms with E-state index in [1.165, 1.54) is 0 Å². The quantitative estimate of drug-likeness (QED) is 0.273. The number of amides is 1. The average molecular weight is 435 g/mol. The lowest BCUT2D eigenvalue weighted by Crippen LogP contribution is -2.39. The maximum atomic E-state index is 12.3. The molecule has 3 rings (SSSR count). The fourth-order valence-electron chi connectivity index (χ4n) is 3.17. The van der Waals surface area contributed by atoms with E-state index < -0.39 is 0 Å². The van der Waals surface area contributed by atoms with Crippen molar-refractivity contribution in [3.63, 3.8) is 0 Å². The molecule has 0 aliphatic heterocycles. The van der Waals surface area contributed by atoms with E-state index in [1.807, 2.05) is 55.4 Å². The average Bonchev–Trinajstić information content (AvgIpc) is 3.30. The second-order valence-corrected chi connectivity index (χ2v) is 7.19. The van der Waals surface area contributed by atoms with E-state index in [2.05, 4.69) is 25.6 Å². The van der Waals surface area contributed by atoms with Crippen LogP contribution in [-0.4, -0.2) is 60.5 Å². The number of imidazole rings is 1. The van der Waals surface area contributed by atoms with Crippen LogP contribution in [0.2, 0.25) is 0 Å². The molecule has 1 aromatic heterocycles. The lowest BCUT2D eigenvalue weighted by atomic mass is 10.2. The smallest absolute Gasteiger partial charge is 0.251 e. The predicted octanol–water partition coefficient (Wildman–Crippen LogP) is 2.91. The van der Waals surface area contributed by atoms with Gasteiger partial charge < -0.3 is 25.3 Å². The van der Waals surface area contributed by atoms with Crippen LogP contribution in [0.25, 0.3) is 11.3 Å². The minimum Gasteiger partial charge on any atom is -0.497 e. The molecule has 3 N–H and O–H groups in total. The maximum Gasteiger partial charge on any atom is 0.251 e. The van der Waals surface area contributed by atoms with E-state index in [0.29, 0.717) is 30.9 Å². The Balaban J connectivity index is 1.54. The van der Waals surface area contributed by atoms with Crippen molar-refractivity contribution in [2.75, 3.05) is 33.8 Å². The van der Waals surface area contributed by atoms with Gasteiger partial charge in [0.2, 0.25) is 0 Å². The van der Waals surface area contributed by atoms with Crippen molar-refractivity contribution in [2.24, 2.45) is 4.99 Å². The Morgan fingerprint density at radius 2 is 1.97 bits per heavy atom. The number of aromatic nitrogens is 2. The van der Waals surface area contributed by atoms with Crippen LogP contribution in [-0.2, 0) is 6.54 Å². The first-order valence-corrected chi connectivity index (χ1v) is 10.6. The summed E-state index contributed by atoms with van der Waals surface area (Å²) in [5.74, 6) is 2.10. The zero-order valence-electron chi connectivity index (χ0n) is 18.8. The molecule has 0 unspecified atom stereocenters. The van der Waals surface area contributed by atoms with Gasteiger partial charge in [-0.05, 0) is 30.7 Å². The Morgan fingerprint density at radius 3 is 2.72 bits per heavy atom. The Bertz CT molecular complexity index is 1030. The van der Waals surface area contributed by atoms with Crippen molar-refractivity contribution in [1.29, 1.82) is 0 Å². The fraction of sp³-hybridized carbons (Fsp3) is 0.292. The van der Waals surface area contributed by atoms with Crippen LogP contribution in [0.1, 0.15) is 23.1 Å². The van der Waals surface area contributed by atoms with Gasteiger partial charge in [0.05, 0.1) is 32.1 Å². The number of nitrogens with one attached hydrogen (secondary N) is 3. The van der Waals surface area contributed by atoms with Gasteiger partial charge in [-0.3, -0.25) is 9.79 Å². The second kappa shape index (κ2) is 11.5. The molecular weight excluding hydrogens is 404 g/mol. The van der Waals surface area contributed by atoms with Gasteiger partial charge in [0.1, 0.15) is 11.6 Å². The highest BCUT2D eigenvalue weighted by atomic mass is 16.5. The summed E-state index contributed by atoms with van der Waals surface area (Å²) >= 11 is 0. The van der Waals surface area contributed by atoms with Crippen LogP contribution < -0.4 is 15.4 Å². The number of ether oxygens (including phenoxy) is 1. The van der Waals surface area contributed by atoms with Crippen molar-refractivity contribution < 1.29 is 9.53 Å². The number of carbonyl (C=O) groups excluding carboxylic acids is 1. The Morgan fingerprint density at radius 1 is 1.16 bits per heavy atom. The molecule has 8 nitrogen and oxygen atoms in total. The lowest BCUT2D eigenvalue weighted by Gasteiger charge is -2.21. The number of benzene rings is 2. The second-order valence-electron chi connectivity index (χ2n) is 7.19. The van der Waals surface area contributed by atoms with E-state index in [4.69, 9.17) is 4.74 Å². The van der Waals surface area contributed by atoms with Gasteiger partial charge in [0.15, 0.2) is 5.96 Å². The molecule has 0 fully saturated rings. The third kappa shape index (κ3) is 6.34. The SMILES string of the molecule is CCNC(=NCCNC(=O)c1cccc(OC)c1)N(C)Cc1ncc(-c2ccccc2)[nH]1. The summed E-state index contributed by atoms with van der Waals surface area (Å²) in [6.07, 6.45) is 1.84. The minimum atomic E-state index is -0.151. The largest absolute Gasteiger partial charge is 0.497 e. The number of carbonyl (C=O) groups is 1. The van der Waals surface area contributed by atoms with Gasteiger partial charge in [-0.2, -0.15) is 0 Å². The van der Waals surface area contributed by atoms with Crippen molar-refractivity contribution in [3.05, 3.63) is 72.2 Å². The summed E-state index contributed by atoms with van der Waals surface area (Å²) in [6.45, 7) is 4.23. The highest BCUT2D eigenvalue weighted by molar-refractivity contribution is 5.94. The van der Waals surface area contributed by atoms with Crippen molar-refractivity contribution >= 4 is 11.9 Å². The maximum absolute atomic E-state index is 12.3. The number of aromatic amines is 1. The molecule has 0 saturated carbocycles. The monoisotopic (exact) mass is 434 g/mol. The summed E-state index contributed by atoms with van der Waals surface area (Å²) in [5, 5.41) is 6.17. The zero-order valence-corrected chi connectivity index (χ0v) is 18.8. The van der Waals surface area contributed by atoms with Crippen molar-refractivity contribution in [2.45, 2.75) is 13.5 Å². The molecule has 32 heavy (non-hydrogen) atoms. The van der Waals surface area contributed by atoms with Crippen LogP contribution in [0.5, 0.6) is 5.75 Å². The van der Waals surface area contributed by atoms with Crippen molar-refractivity contribution in [1.82, 2.24) is 25.5 Å². The molecule has 0 radical (unpaired) electrons. The predicted molar refractivity (Wildman–Crippen MR) is 127 cm³/mol. The number of hydrogen-bond donors (Lipinski definition) is 3. The zero-order chi connectivity index (χ0) is 22.8. The van der Waals surface area contributed by atoms with E-state index in [-0.39, 0.29) is 5.91 Å². The van der Waals surface area contributed by atoms with E-state index in [0.717, 1.165) is 29.6 Å².